The van der Waals surface area contributed by atoms with Crippen molar-refractivity contribution >= 4 is 22.8 Å². The lowest BCUT2D eigenvalue weighted by Crippen LogP contribution is -2.22. The number of anilines is 1. The van der Waals surface area contributed by atoms with Gasteiger partial charge in [0.25, 0.3) is 0 Å². The predicted molar refractivity (Wildman–Crippen MR) is 40.8 cm³/mol. The molecule has 2 rings (SSSR count). The summed E-state index contributed by atoms with van der Waals surface area (Å²) in [5.41, 5.74) is 0. The zero-order chi connectivity index (χ0) is 7.84. The van der Waals surface area contributed by atoms with Crippen LogP contribution >= 0.6 is 11.6 Å². The lowest BCUT2D eigenvalue weighted by Gasteiger charge is -2.08. The lowest BCUT2D eigenvalue weighted by molar-refractivity contribution is 0.264. The molecule has 2 heterocycles. The average molecular weight is 172 g/mol. The van der Waals surface area contributed by atoms with Crippen molar-refractivity contribution in [3.05, 3.63) is 12.3 Å². The van der Waals surface area contributed by atoms with Crippen LogP contribution in [-0.4, -0.2) is 21.7 Å². The van der Waals surface area contributed by atoms with Gasteiger partial charge >= 0.3 is 5.37 Å². The Kier molecular flexibility index (Phi) is 1.35. The number of carbonyl (C=O) groups is 1. The van der Waals surface area contributed by atoms with Gasteiger partial charge in [-0.3, -0.25) is 9.69 Å². The zero-order valence-corrected chi connectivity index (χ0v) is 6.45. The van der Waals surface area contributed by atoms with Crippen molar-refractivity contribution in [1.29, 1.82) is 0 Å². The van der Waals surface area contributed by atoms with Crippen LogP contribution in [0.2, 0.25) is 0 Å². The molecule has 11 heavy (non-hydrogen) atoms. The minimum atomic E-state index is -0.441. The van der Waals surface area contributed by atoms with Crippen LogP contribution in [0, 0.1) is 0 Å². The van der Waals surface area contributed by atoms with Gasteiger partial charge in [-0.1, -0.05) is 0 Å². The smallest absolute Gasteiger partial charge is 0.281 e. The first-order chi connectivity index (χ1) is 5.29. The average Bonchev–Trinajstić information content (AvgIpc) is 2.41. The maximum absolute atomic E-state index is 10.8. The highest BCUT2D eigenvalue weighted by atomic mass is 35.5. The number of amides is 1. The van der Waals surface area contributed by atoms with E-state index < -0.39 is 5.37 Å². The maximum Gasteiger partial charge on any atom is 0.322 e. The molecule has 4 nitrogen and oxygen atoms in total. The van der Waals surface area contributed by atoms with Gasteiger partial charge in [0.2, 0.25) is 0 Å². The van der Waals surface area contributed by atoms with E-state index in [0.29, 0.717) is 6.54 Å². The molecule has 1 amide bonds. The van der Waals surface area contributed by atoms with Crippen molar-refractivity contribution in [3.63, 3.8) is 0 Å². The topological polar surface area (TPSA) is 38.1 Å². The Hall–Kier alpha value is -1.03. The minimum Gasteiger partial charge on any atom is -0.281 e. The first-order valence-electron chi connectivity index (χ1n) is 3.28. The molecule has 58 valence electrons. The van der Waals surface area contributed by atoms with Crippen molar-refractivity contribution in [2.24, 2.45) is 0 Å². The van der Waals surface area contributed by atoms with Crippen LogP contribution in [0.5, 0.6) is 0 Å². The molecule has 0 radical (unpaired) electrons. The van der Waals surface area contributed by atoms with E-state index in [0.717, 1.165) is 12.4 Å². The van der Waals surface area contributed by atoms with E-state index in [1.165, 1.54) is 4.90 Å². The third-order valence-electron chi connectivity index (χ3n) is 1.72. The van der Waals surface area contributed by atoms with Gasteiger partial charge in [-0.25, -0.2) is 4.68 Å². The van der Waals surface area contributed by atoms with Gasteiger partial charge in [-0.2, -0.15) is 5.10 Å². The molecule has 0 saturated heterocycles. The Morgan fingerprint density at radius 2 is 2.45 bits per heavy atom. The number of hydrogen-bond acceptors (Lipinski definition) is 2. The molecule has 0 bridgehead atoms. The summed E-state index contributed by atoms with van der Waals surface area (Å²) in [5, 5.41) is 3.55. The summed E-state index contributed by atoms with van der Waals surface area (Å²) < 4.78 is 1.75. The largest absolute Gasteiger partial charge is 0.322 e. The molecule has 0 atom stereocenters. The van der Waals surface area contributed by atoms with Gasteiger partial charge in [0.1, 0.15) is 5.82 Å². The minimum absolute atomic E-state index is 0.441. The highest BCUT2D eigenvalue weighted by molar-refractivity contribution is 6.66. The van der Waals surface area contributed by atoms with Gasteiger partial charge in [-0.15, -0.1) is 0 Å². The molecular formula is C6H6ClN3O. The second-order valence-corrected chi connectivity index (χ2v) is 2.64. The fourth-order valence-electron chi connectivity index (χ4n) is 1.21. The van der Waals surface area contributed by atoms with Crippen LogP contribution in [0.3, 0.4) is 0 Å². The molecule has 1 aliphatic rings. The zero-order valence-electron chi connectivity index (χ0n) is 5.70. The third kappa shape index (κ3) is 0.903. The Morgan fingerprint density at radius 1 is 1.64 bits per heavy atom. The monoisotopic (exact) mass is 171 g/mol. The Balaban J connectivity index is 2.38. The quantitative estimate of drug-likeness (QED) is 0.433. The van der Waals surface area contributed by atoms with Crippen LogP contribution in [-0.2, 0) is 6.54 Å². The summed E-state index contributed by atoms with van der Waals surface area (Å²) in [6.07, 6.45) is 1.65. The van der Waals surface area contributed by atoms with Crippen LogP contribution in [0.25, 0.3) is 0 Å². The number of carbonyl (C=O) groups excluding carboxylic acids is 1. The lowest BCUT2D eigenvalue weighted by atomic mass is 10.6. The van der Waals surface area contributed by atoms with Crippen LogP contribution in [0.4, 0.5) is 10.6 Å². The van der Waals surface area contributed by atoms with E-state index in [2.05, 4.69) is 5.10 Å². The van der Waals surface area contributed by atoms with Crippen molar-refractivity contribution in [1.82, 2.24) is 9.78 Å². The number of hydrogen-bond donors (Lipinski definition) is 0. The van der Waals surface area contributed by atoms with E-state index in [9.17, 15) is 4.79 Å². The molecule has 1 aliphatic heterocycles. The van der Waals surface area contributed by atoms with Crippen molar-refractivity contribution in [2.45, 2.75) is 6.54 Å². The number of halogens is 1. The molecular weight excluding hydrogens is 166 g/mol. The standard InChI is InChI=1S/C6H6ClN3O/c7-6(11)9-3-4-10-5(9)1-2-8-10/h1-2H,3-4H2. The SMILES string of the molecule is O=C(Cl)N1CCn2nccc21. The fraction of sp³-hybridized carbons (Fsp3) is 0.333. The maximum atomic E-state index is 10.8. The summed E-state index contributed by atoms with van der Waals surface area (Å²) in [7, 11) is 0. The van der Waals surface area contributed by atoms with Gasteiger partial charge in [0, 0.05) is 12.6 Å². The van der Waals surface area contributed by atoms with Gasteiger partial charge in [-0.05, 0) is 11.6 Å². The molecule has 0 saturated carbocycles. The van der Waals surface area contributed by atoms with Crippen molar-refractivity contribution < 1.29 is 4.79 Å². The molecule has 1 aromatic rings. The number of aromatic nitrogens is 2. The first-order valence-corrected chi connectivity index (χ1v) is 3.65. The van der Waals surface area contributed by atoms with Crippen molar-refractivity contribution in [2.75, 3.05) is 11.4 Å². The van der Waals surface area contributed by atoms with Crippen LogP contribution < -0.4 is 4.90 Å². The third-order valence-corrected chi connectivity index (χ3v) is 1.92. The molecule has 5 heteroatoms. The summed E-state index contributed by atoms with van der Waals surface area (Å²) >= 11 is 5.31. The normalized spacial score (nSPS) is 15.2. The van der Waals surface area contributed by atoms with E-state index in [4.69, 9.17) is 11.6 Å². The second-order valence-electron chi connectivity index (χ2n) is 2.32. The number of rotatable bonds is 0. The van der Waals surface area contributed by atoms with Crippen molar-refractivity contribution in [3.8, 4) is 0 Å². The fourth-order valence-corrected chi connectivity index (χ4v) is 1.39. The summed E-state index contributed by atoms with van der Waals surface area (Å²) in [4.78, 5) is 12.3. The second kappa shape index (κ2) is 2.23. The van der Waals surface area contributed by atoms with Gasteiger partial charge in [0.15, 0.2) is 0 Å². The molecule has 0 spiro atoms. The Labute approximate surface area is 68.4 Å². The van der Waals surface area contributed by atoms with E-state index in [1.54, 1.807) is 16.9 Å². The Bertz CT molecular complexity index is 296. The first kappa shape index (κ1) is 6.67. The molecule has 0 N–H and O–H groups in total. The Morgan fingerprint density at radius 3 is 3.18 bits per heavy atom. The van der Waals surface area contributed by atoms with Gasteiger partial charge in [0.05, 0.1) is 12.7 Å². The highest BCUT2D eigenvalue weighted by Gasteiger charge is 2.23. The van der Waals surface area contributed by atoms with Gasteiger partial charge < -0.3 is 0 Å². The van der Waals surface area contributed by atoms with E-state index in [1.807, 2.05) is 0 Å². The van der Waals surface area contributed by atoms with E-state index >= 15 is 0 Å². The van der Waals surface area contributed by atoms with Crippen LogP contribution in [0.15, 0.2) is 12.3 Å². The summed E-state index contributed by atoms with van der Waals surface area (Å²) in [6, 6.07) is 1.77. The molecule has 1 aromatic heterocycles. The van der Waals surface area contributed by atoms with Crippen LogP contribution in [0.1, 0.15) is 0 Å². The summed E-state index contributed by atoms with van der Waals surface area (Å²) in [6.45, 7) is 1.37. The highest BCUT2D eigenvalue weighted by Crippen LogP contribution is 2.20. The van der Waals surface area contributed by atoms with E-state index in [-0.39, 0.29) is 0 Å². The summed E-state index contributed by atoms with van der Waals surface area (Å²) in [5.74, 6) is 0.782. The molecule has 0 aliphatic carbocycles. The number of fused-ring (bicyclic) bond motifs is 1. The molecule has 0 unspecified atom stereocenters. The molecule has 0 fully saturated rings. The predicted octanol–water partition coefficient (Wildman–Crippen LogP) is 1.06. The molecule has 0 aromatic carbocycles. The number of nitrogens with zero attached hydrogens (tertiary/aromatic N) is 3.